The van der Waals surface area contributed by atoms with Gasteiger partial charge in [-0.15, -0.1) is 11.3 Å². The Bertz CT molecular complexity index is 1300. The van der Waals surface area contributed by atoms with Gasteiger partial charge < -0.3 is 26.2 Å². The average molecular weight is 457 g/mol. The summed E-state index contributed by atoms with van der Waals surface area (Å²) in [6.45, 7) is 0. The Balaban J connectivity index is 1.58. The smallest absolute Gasteiger partial charge is 0.326 e. The monoisotopic (exact) mass is 457 g/mol. The van der Waals surface area contributed by atoms with Crippen LogP contribution in [0.25, 0.3) is 11.0 Å². The fraction of sp³-hybridized carbons (Fsp3) is 0.250. The fourth-order valence-corrected chi connectivity index (χ4v) is 3.64. The Morgan fingerprint density at radius 3 is 2.75 bits per heavy atom. The van der Waals surface area contributed by atoms with Gasteiger partial charge in [-0.2, -0.15) is 4.98 Å². The van der Waals surface area contributed by atoms with Gasteiger partial charge in [0, 0.05) is 18.5 Å². The van der Waals surface area contributed by atoms with Gasteiger partial charge in [0.25, 0.3) is 11.5 Å². The summed E-state index contributed by atoms with van der Waals surface area (Å²) in [7, 11) is 0. The highest BCUT2D eigenvalue weighted by molar-refractivity contribution is 7.14. The van der Waals surface area contributed by atoms with E-state index in [1.165, 1.54) is 6.07 Å². The minimum atomic E-state index is -1.30. The van der Waals surface area contributed by atoms with Crippen molar-refractivity contribution in [1.29, 1.82) is 0 Å². The van der Waals surface area contributed by atoms with Crippen LogP contribution < -0.4 is 16.6 Å². The molecule has 3 aromatic heterocycles. The minimum Gasteiger partial charge on any atom is -0.481 e. The fourth-order valence-electron chi connectivity index (χ4n) is 2.85. The van der Waals surface area contributed by atoms with Crippen molar-refractivity contribution in [1.82, 2.24) is 20.3 Å². The third kappa shape index (κ3) is 5.73. The summed E-state index contributed by atoms with van der Waals surface area (Å²) < 4.78 is 0. The van der Waals surface area contributed by atoms with Gasteiger partial charge in [-0.05, 0) is 31.0 Å². The first-order valence-corrected chi connectivity index (χ1v) is 10.3. The Kier molecular flexibility index (Phi) is 6.91. The van der Waals surface area contributed by atoms with Crippen LogP contribution in [0, 0.1) is 11.8 Å². The van der Waals surface area contributed by atoms with Crippen molar-refractivity contribution in [3.63, 3.8) is 0 Å². The van der Waals surface area contributed by atoms with Crippen LogP contribution in [0.1, 0.15) is 39.5 Å². The van der Waals surface area contributed by atoms with Crippen LogP contribution in [0.3, 0.4) is 0 Å². The standard InChI is InChI=1S/C20H19N5O6S/c21-20-24-16-12(17(28)25-20)9-10(22-16)3-1-2-4-11-5-7-14(32-11)18(29)23-13(19(30)31)6-8-15(26)27/h5,7,9,13H,1,3,6,8H2,(H,23,29)(H,26,27)(H,30,31)(H4,21,22,24,25,28). The summed E-state index contributed by atoms with van der Waals surface area (Å²) in [5, 5.41) is 20.6. The number of nitrogen functional groups attached to an aromatic ring is 1. The van der Waals surface area contributed by atoms with Crippen molar-refractivity contribution < 1.29 is 24.6 Å². The number of thiophene rings is 1. The van der Waals surface area contributed by atoms with Gasteiger partial charge in [-0.3, -0.25) is 19.4 Å². The minimum absolute atomic E-state index is 0.0322. The zero-order valence-electron chi connectivity index (χ0n) is 16.6. The first-order valence-electron chi connectivity index (χ1n) is 9.44. The number of rotatable bonds is 8. The molecule has 0 aromatic carbocycles. The zero-order chi connectivity index (χ0) is 23.3. The van der Waals surface area contributed by atoms with E-state index in [0.717, 1.165) is 17.0 Å². The molecule has 7 N–H and O–H groups in total. The molecule has 1 amide bonds. The lowest BCUT2D eigenvalue weighted by Gasteiger charge is -2.12. The number of nitrogens with two attached hydrogens (primary N) is 1. The molecule has 0 radical (unpaired) electrons. The van der Waals surface area contributed by atoms with Gasteiger partial charge in [0.2, 0.25) is 5.95 Å². The Morgan fingerprint density at radius 1 is 1.25 bits per heavy atom. The molecule has 3 rings (SSSR count). The second kappa shape index (κ2) is 9.80. The highest BCUT2D eigenvalue weighted by atomic mass is 32.1. The third-order valence-corrected chi connectivity index (χ3v) is 5.38. The zero-order valence-corrected chi connectivity index (χ0v) is 17.4. The number of carbonyl (C=O) groups excluding carboxylic acids is 1. The molecule has 0 spiro atoms. The number of carbonyl (C=O) groups is 3. The Labute approximate surface area is 184 Å². The number of aromatic nitrogens is 3. The molecule has 11 nitrogen and oxygen atoms in total. The van der Waals surface area contributed by atoms with Crippen LogP contribution in [-0.4, -0.2) is 49.1 Å². The summed E-state index contributed by atoms with van der Waals surface area (Å²) >= 11 is 1.10. The molecule has 0 aliphatic rings. The highest BCUT2D eigenvalue weighted by Crippen LogP contribution is 2.16. The van der Waals surface area contributed by atoms with E-state index >= 15 is 0 Å². The number of carboxylic acids is 2. The predicted octanol–water partition coefficient (Wildman–Crippen LogP) is 0.927. The van der Waals surface area contributed by atoms with E-state index in [2.05, 4.69) is 32.1 Å². The van der Waals surface area contributed by atoms with E-state index in [0.29, 0.717) is 28.8 Å². The van der Waals surface area contributed by atoms with Gasteiger partial charge in [-0.1, -0.05) is 11.8 Å². The molecule has 0 fully saturated rings. The molecule has 0 saturated carbocycles. The molecule has 0 bridgehead atoms. The van der Waals surface area contributed by atoms with Crippen molar-refractivity contribution in [2.45, 2.75) is 31.7 Å². The van der Waals surface area contributed by atoms with Crippen molar-refractivity contribution >= 4 is 46.2 Å². The van der Waals surface area contributed by atoms with E-state index < -0.39 is 23.9 Å². The van der Waals surface area contributed by atoms with Gasteiger partial charge in [0.1, 0.15) is 11.7 Å². The largest absolute Gasteiger partial charge is 0.481 e. The van der Waals surface area contributed by atoms with E-state index in [1.54, 1.807) is 12.1 Å². The number of H-pyrrole nitrogens is 2. The molecule has 12 heteroatoms. The molecular formula is C20H19N5O6S. The van der Waals surface area contributed by atoms with Crippen LogP contribution in [0.4, 0.5) is 5.95 Å². The second-order valence-electron chi connectivity index (χ2n) is 6.77. The summed E-state index contributed by atoms with van der Waals surface area (Å²) in [5.41, 5.74) is 6.39. The van der Waals surface area contributed by atoms with E-state index in [1.807, 2.05) is 0 Å². The number of nitrogens with zero attached hydrogens (tertiary/aromatic N) is 1. The SMILES string of the molecule is Nc1nc2[nH]c(CCC#Cc3ccc(C(=O)NC(CCC(=O)O)C(=O)O)s3)cc2c(=O)[nH]1. The van der Waals surface area contributed by atoms with Crippen LogP contribution in [0.5, 0.6) is 0 Å². The molecule has 1 atom stereocenters. The second-order valence-corrected chi connectivity index (χ2v) is 7.85. The number of anilines is 1. The van der Waals surface area contributed by atoms with Gasteiger partial charge in [0.15, 0.2) is 0 Å². The number of nitrogens with one attached hydrogen (secondary N) is 3. The lowest BCUT2D eigenvalue weighted by molar-refractivity contribution is -0.140. The van der Waals surface area contributed by atoms with E-state index in [-0.39, 0.29) is 29.2 Å². The molecular weight excluding hydrogens is 438 g/mol. The van der Waals surface area contributed by atoms with Crippen molar-refractivity contribution in [3.05, 3.63) is 44.0 Å². The number of aromatic amines is 2. The number of carboxylic acid groups (broad SMARTS) is 2. The maximum Gasteiger partial charge on any atom is 0.326 e. The summed E-state index contributed by atoms with van der Waals surface area (Å²) in [6.07, 6.45) is 0.448. The van der Waals surface area contributed by atoms with Crippen molar-refractivity contribution in [2.75, 3.05) is 5.73 Å². The molecule has 1 unspecified atom stereocenters. The number of aryl methyl sites for hydroxylation is 1. The number of amides is 1. The highest BCUT2D eigenvalue weighted by Gasteiger charge is 2.22. The predicted molar refractivity (Wildman–Crippen MR) is 116 cm³/mol. The van der Waals surface area contributed by atoms with Crippen LogP contribution in [0.2, 0.25) is 0 Å². The molecule has 0 aliphatic carbocycles. The number of hydrogen-bond donors (Lipinski definition) is 6. The normalized spacial score (nSPS) is 11.5. The topological polar surface area (TPSA) is 191 Å². The number of aliphatic carboxylic acids is 2. The molecule has 3 heterocycles. The van der Waals surface area contributed by atoms with Crippen LogP contribution in [-0.2, 0) is 16.0 Å². The van der Waals surface area contributed by atoms with Gasteiger partial charge in [0.05, 0.1) is 15.1 Å². The van der Waals surface area contributed by atoms with E-state index in [4.69, 9.17) is 15.9 Å². The van der Waals surface area contributed by atoms with Crippen molar-refractivity contribution in [2.24, 2.45) is 0 Å². The first kappa shape index (κ1) is 22.6. The first-order chi connectivity index (χ1) is 15.2. The summed E-state index contributed by atoms with van der Waals surface area (Å²) in [6, 6.07) is 3.58. The number of hydrogen-bond acceptors (Lipinski definition) is 7. The molecule has 166 valence electrons. The van der Waals surface area contributed by atoms with Gasteiger partial charge in [-0.25, -0.2) is 4.79 Å². The molecule has 0 aliphatic heterocycles. The Morgan fingerprint density at radius 2 is 2.03 bits per heavy atom. The summed E-state index contributed by atoms with van der Waals surface area (Å²) in [4.78, 5) is 56.3. The molecule has 0 saturated heterocycles. The molecule has 32 heavy (non-hydrogen) atoms. The van der Waals surface area contributed by atoms with E-state index in [9.17, 15) is 19.2 Å². The molecule has 3 aromatic rings. The van der Waals surface area contributed by atoms with Gasteiger partial charge >= 0.3 is 11.9 Å². The quantitative estimate of drug-likeness (QED) is 0.269. The average Bonchev–Trinajstić information content (AvgIpc) is 3.35. The lowest BCUT2D eigenvalue weighted by atomic mass is 10.1. The van der Waals surface area contributed by atoms with Crippen LogP contribution >= 0.6 is 11.3 Å². The lowest BCUT2D eigenvalue weighted by Crippen LogP contribution is -2.40. The van der Waals surface area contributed by atoms with Crippen LogP contribution in [0.15, 0.2) is 23.0 Å². The third-order valence-electron chi connectivity index (χ3n) is 4.38. The number of fused-ring (bicyclic) bond motifs is 1. The maximum atomic E-state index is 12.3. The maximum absolute atomic E-state index is 12.3. The van der Waals surface area contributed by atoms with Crippen molar-refractivity contribution in [3.8, 4) is 11.8 Å². The Hall–Kier alpha value is -4.11. The summed E-state index contributed by atoms with van der Waals surface area (Å²) in [5.74, 6) is 2.91.